The standard InChI is InChI=1S/C76H126O6/c1-4-7-10-13-16-19-22-25-28-31-33-35-37-38-39-41-42-45-48-51-54-57-60-63-66-69-75(78)81-72-73(71-80-74(77)68-65-62-59-56-53-50-47-44-30-27-24-21-18-15-12-9-6-3)82-76(79)70-67-64-61-58-55-52-49-46-43-40-36-34-32-29-26-23-20-17-14-11-8-5-2/h7,9-10,12,16,18-19,21,25,27-28,30,33,35,38-39,42,45,47,50-51,54,73H,4-6,8,11,13-15,17,20,22-24,26,29,31-32,34,36-37,40-41,43-44,46,48-49,52-53,55-72H2,1-3H3/b10-7-,12-9-,19-16-,21-18-,28-25-,30-27-,35-33-,39-38-,45-42-,50-47-,54-51-. The van der Waals surface area contributed by atoms with Crippen molar-refractivity contribution < 1.29 is 28.6 Å². The fraction of sp³-hybridized carbons (Fsp3) is 0.671. The molecule has 0 aliphatic rings. The van der Waals surface area contributed by atoms with E-state index in [9.17, 15) is 14.4 Å². The summed E-state index contributed by atoms with van der Waals surface area (Å²) in [5.41, 5.74) is 0. The van der Waals surface area contributed by atoms with Crippen molar-refractivity contribution in [3.8, 4) is 0 Å². The van der Waals surface area contributed by atoms with Crippen molar-refractivity contribution in [3.63, 3.8) is 0 Å². The smallest absolute Gasteiger partial charge is 0.306 e. The number of allylic oxidation sites excluding steroid dienone is 22. The Bertz CT molecular complexity index is 1730. The van der Waals surface area contributed by atoms with Crippen LogP contribution in [0.3, 0.4) is 0 Å². The topological polar surface area (TPSA) is 78.9 Å². The molecular weight excluding hydrogens is 1010 g/mol. The molecule has 0 N–H and O–H groups in total. The molecule has 0 aromatic rings. The number of unbranched alkanes of at least 4 members (excludes halogenated alkanes) is 28. The minimum Gasteiger partial charge on any atom is -0.462 e. The monoisotopic (exact) mass is 1130 g/mol. The molecule has 0 aliphatic heterocycles. The molecule has 0 aromatic carbocycles. The molecule has 0 radical (unpaired) electrons. The third-order valence-corrected chi connectivity index (χ3v) is 14.4. The van der Waals surface area contributed by atoms with Gasteiger partial charge in [0.15, 0.2) is 6.10 Å². The highest BCUT2D eigenvalue weighted by Crippen LogP contribution is 2.17. The van der Waals surface area contributed by atoms with Gasteiger partial charge in [0.1, 0.15) is 13.2 Å². The highest BCUT2D eigenvalue weighted by Gasteiger charge is 2.19. The molecule has 466 valence electrons. The van der Waals surface area contributed by atoms with Crippen molar-refractivity contribution in [1.82, 2.24) is 0 Å². The lowest BCUT2D eigenvalue weighted by Crippen LogP contribution is -2.30. The van der Waals surface area contributed by atoms with E-state index in [1.165, 1.54) is 122 Å². The number of esters is 3. The second-order valence-corrected chi connectivity index (χ2v) is 22.3. The third kappa shape index (κ3) is 66.4. The van der Waals surface area contributed by atoms with Crippen molar-refractivity contribution in [1.29, 1.82) is 0 Å². The third-order valence-electron chi connectivity index (χ3n) is 14.4. The molecule has 82 heavy (non-hydrogen) atoms. The van der Waals surface area contributed by atoms with Crippen molar-refractivity contribution in [3.05, 3.63) is 134 Å². The summed E-state index contributed by atoms with van der Waals surface area (Å²) >= 11 is 0. The number of carbonyl (C=O) groups is 3. The van der Waals surface area contributed by atoms with Crippen LogP contribution in [0.2, 0.25) is 0 Å². The summed E-state index contributed by atoms with van der Waals surface area (Å²) < 4.78 is 16.9. The first kappa shape index (κ1) is 77.5. The summed E-state index contributed by atoms with van der Waals surface area (Å²) in [6.07, 6.45) is 97.5. The van der Waals surface area contributed by atoms with Gasteiger partial charge in [0.05, 0.1) is 0 Å². The van der Waals surface area contributed by atoms with Crippen LogP contribution in [0.1, 0.15) is 310 Å². The number of carbonyl (C=O) groups excluding carboxylic acids is 3. The molecule has 0 heterocycles. The maximum atomic E-state index is 13.0. The molecule has 0 saturated carbocycles. The minimum atomic E-state index is -0.808. The number of hydrogen-bond acceptors (Lipinski definition) is 6. The Hall–Kier alpha value is -4.45. The van der Waals surface area contributed by atoms with Gasteiger partial charge in [-0.05, 0) is 116 Å². The van der Waals surface area contributed by atoms with Gasteiger partial charge in [-0.3, -0.25) is 14.4 Å². The fourth-order valence-corrected chi connectivity index (χ4v) is 9.36. The number of rotatable bonds is 61. The van der Waals surface area contributed by atoms with Gasteiger partial charge >= 0.3 is 17.9 Å². The van der Waals surface area contributed by atoms with Crippen LogP contribution in [0.15, 0.2) is 134 Å². The maximum Gasteiger partial charge on any atom is 0.306 e. The van der Waals surface area contributed by atoms with E-state index in [4.69, 9.17) is 14.2 Å². The second kappa shape index (κ2) is 69.0. The predicted molar refractivity (Wildman–Crippen MR) is 357 cm³/mol. The Morgan fingerprint density at radius 3 is 0.756 bits per heavy atom. The Morgan fingerprint density at radius 1 is 0.256 bits per heavy atom. The highest BCUT2D eigenvalue weighted by molar-refractivity contribution is 5.71. The molecule has 0 fully saturated rings. The van der Waals surface area contributed by atoms with Gasteiger partial charge < -0.3 is 14.2 Å². The van der Waals surface area contributed by atoms with Crippen LogP contribution >= 0.6 is 0 Å². The van der Waals surface area contributed by atoms with E-state index < -0.39 is 6.10 Å². The van der Waals surface area contributed by atoms with E-state index in [0.29, 0.717) is 19.3 Å². The van der Waals surface area contributed by atoms with E-state index in [0.717, 1.165) is 148 Å². The Labute approximate surface area is 506 Å². The zero-order chi connectivity index (χ0) is 59.2. The van der Waals surface area contributed by atoms with E-state index in [2.05, 4.69) is 154 Å². The van der Waals surface area contributed by atoms with Crippen LogP contribution < -0.4 is 0 Å². The molecule has 6 nitrogen and oxygen atoms in total. The number of hydrogen-bond donors (Lipinski definition) is 0. The molecule has 0 bridgehead atoms. The van der Waals surface area contributed by atoms with Crippen LogP contribution in [0, 0.1) is 0 Å². The van der Waals surface area contributed by atoms with Crippen LogP contribution in [0.5, 0.6) is 0 Å². The fourth-order valence-electron chi connectivity index (χ4n) is 9.36. The lowest BCUT2D eigenvalue weighted by atomic mass is 10.0. The molecule has 0 amide bonds. The van der Waals surface area contributed by atoms with Gasteiger partial charge in [0.2, 0.25) is 0 Å². The normalized spacial score (nSPS) is 13.0. The van der Waals surface area contributed by atoms with Gasteiger partial charge in [-0.15, -0.1) is 0 Å². The molecule has 1 atom stereocenters. The molecule has 0 rings (SSSR count). The van der Waals surface area contributed by atoms with Gasteiger partial charge in [-0.2, -0.15) is 0 Å². The molecule has 0 saturated heterocycles. The molecular formula is C76H126O6. The molecule has 6 heteroatoms. The van der Waals surface area contributed by atoms with E-state index >= 15 is 0 Å². The summed E-state index contributed by atoms with van der Waals surface area (Å²) in [5, 5.41) is 0. The number of ether oxygens (including phenoxy) is 3. The largest absolute Gasteiger partial charge is 0.462 e. The van der Waals surface area contributed by atoms with Gasteiger partial charge in [0.25, 0.3) is 0 Å². The Morgan fingerprint density at radius 2 is 0.476 bits per heavy atom. The van der Waals surface area contributed by atoms with E-state index in [-0.39, 0.29) is 31.1 Å². The molecule has 0 aliphatic carbocycles. The van der Waals surface area contributed by atoms with Crippen molar-refractivity contribution in [2.24, 2.45) is 0 Å². The van der Waals surface area contributed by atoms with E-state index in [1.54, 1.807) is 0 Å². The summed E-state index contributed by atoms with van der Waals surface area (Å²) in [6, 6.07) is 0. The van der Waals surface area contributed by atoms with E-state index in [1.807, 2.05) is 0 Å². The van der Waals surface area contributed by atoms with Crippen molar-refractivity contribution in [2.45, 2.75) is 316 Å². The average molecular weight is 1140 g/mol. The van der Waals surface area contributed by atoms with Crippen molar-refractivity contribution >= 4 is 17.9 Å². The first-order valence-electron chi connectivity index (χ1n) is 34.2. The van der Waals surface area contributed by atoms with Gasteiger partial charge in [-0.25, -0.2) is 0 Å². The summed E-state index contributed by atoms with van der Waals surface area (Å²) in [7, 11) is 0. The quantitative estimate of drug-likeness (QED) is 0.0261. The van der Waals surface area contributed by atoms with Gasteiger partial charge in [0, 0.05) is 19.3 Å². The molecule has 1 unspecified atom stereocenters. The zero-order valence-corrected chi connectivity index (χ0v) is 53.5. The zero-order valence-electron chi connectivity index (χ0n) is 53.5. The predicted octanol–water partition coefficient (Wildman–Crippen LogP) is 23.7. The highest BCUT2D eigenvalue weighted by atomic mass is 16.6. The van der Waals surface area contributed by atoms with Crippen LogP contribution in [-0.4, -0.2) is 37.2 Å². The molecule has 0 aromatic heterocycles. The van der Waals surface area contributed by atoms with Crippen LogP contribution in [0.4, 0.5) is 0 Å². The summed E-state index contributed by atoms with van der Waals surface area (Å²) in [6.45, 7) is 6.39. The Balaban J connectivity index is 4.47. The Kier molecular flexibility index (Phi) is 65.3. The SMILES string of the molecule is CC/C=C\C/C=C\C/C=C\C/C=C\C/C=C\C/C=C\C/C=C\CCCCCC(=O)OCC(COC(=O)CCCCCC/C=C\C/C=C\C/C=C\C/C=C\CC)OC(=O)CCCCCCCCCCCCCCCCCCCCCCCC. The van der Waals surface area contributed by atoms with Crippen LogP contribution in [-0.2, 0) is 28.6 Å². The lowest BCUT2D eigenvalue weighted by molar-refractivity contribution is -0.167. The maximum absolute atomic E-state index is 13.0. The van der Waals surface area contributed by atoms with Gasteiger partial charge in [-0.1, -0.05) is 309 Å². The first-order valence-corrected chi connectivity index (χ1v) is 34.2. The lowest BCUT2D eigenvalue weighted by Gasteiger charge is -2.18. The minimum absolute atomic E-state index is 0.103. The first-order chi connectivity index (χ1) is 40.5. The molecule has 0 spiro atoms. The van der Waals surface area contributed by atoms with Crippen molar-refractivity contribution in [2.75, 3.05) is 13.2 Å². The van der Waals surface area contributed by atoms with Crippen LogP contribution in [0.25, 0.3) is 0 Å². The average Bonchev–Trinajstić information content (AvgIpc) is 3.47. The summed E-state index contributed by atoms with van der Waals surface area (Å²) in [4.78, 5) is 38.4. The summed E-state index contributed by atoms with van der Waals surface area (Å²) in [5.74, 6) is -0.949. The second-order valence-electron chi connectivity index (χ2n) is 22.3.